The smallest absolute Gasteiger partial charge is 0.238 e. The second-order valence-electron chi connectivity index (χ2n) is 6.24. The van der Waals surface area contributed by atoms with E-state index in [4.69, 9.17) is 0 Å². The van der Waals surface area contributed by atoms with E-state index in [-0.39, 0.29) is 41.4 Å². The second-order valence-corrected chi connectivity index (χ2v) is 6.24. The van der Waals surface area contributed by atoms with Crippen LogP contribution in [0.3, 0.4) is 0 Å². The van der Waals surface area contributed by atoms with Crippen LogP contribution in [0.25, 0.3) is 0 Å². The molecule has 4 atom stereocenters. The number of nitrogens with one attached hydrogen (secondary N) is 1. The molecule has 1 aromatic carbocycles. The summed E-state index contributed by atoms with van der Waals surface area (Å²) in [6.07, 6.45) is 5.08. The number of amides is 3. The Kier molecular flexibility index (Phi) is 2.73. The Morgan fingerprint density at radius 2 is 1.77 bits per heavy atom. The molecule has 4 rings (SSSR count). The van der Waals surface area contributed by atoms with Gasteiger partial charge in [0.25, 0.3) is 0 Å². The van der Waals surface area contributed by atoms with Crippen molar-refractivity contribution in [3.05, 3.63) is 36.4 Å². The van der Waals surface area contributed by atoms with Gasteiger partial charge in [-0.2, -0.15) is 0 Å². The maximum Gasteiger partial charge on any atom is 0.238 e. The number of anilines is 2. The zero-order chi connectivity index (χ0) is 15.4. The normalized spacial score (nSPS) is 31.8. The first-order valence-electron chi connectivity index (χ1n) is 7.50. The van der Waals surface area contributed by atoms with Crippen LogP contribution in [0.4, 0.5) is 11.4 Å². The highest BCUT2D eigenvalue weighted by molar-refractivity contribution is 6.23. The second kappa shape index (κ2) is 4.53. The number of hydrogen-bond donors (Lipinski definition) is 1. The molecule has 3 amide bonds. The topological polar surface area (TPSA) is 66.5 Å². The molecule has 112 valence electrons. The number of allylic oxidation sites excluding steroid dienone is 2. The van der Waals surface area contributed by atoms with Gasteiger partial charge in [-0.05, 0) is 36.5 Å². The molecule has 3 aliphatic rings. The Labute approximate surface area is 128 Å². The summed E-state index contributed by atoms with van der Waals surface area (Å²) in [7, 11) is 0. The summed E-state index contributed by atoms with van der Waals surface area (Å²) in [5, 5.41) is 2.68. The van der Waals surface area contributed by atoms with Gasteiger partial charge in [-0.15, -0.1) is 0 Å². The van der Waals surface area contributed by atoms with Gasteiger partial charge in [0, 0.05) is 12.6 Å². The Hall–Kier alpha value is -2.43. The van der Waals surface area contributed by atoms with E-state index in [0.717, 1.165) is 6.42 Å². The van der Waals surface area contributed by atoms with Gasteiger partial charge in [0.2, 0.25) is 17.7 Å². The predicted octanol–water partition coefficient (Wildman–Crippen LogP) is 1.96. The molecule has 0 aromatic heterocycles. The van der Waals surface area contributed by atoms with E-state index in [1.54, 1.807) is 24.3 Å². The maximum absolute atomic E-state index is 12.7. The van der Waals surface area contributed by atoms with Crippen molar-refractivity contribution in [2.45, 2.75) is 13.3 Å². The minimum absolute atomic E-state index is 0.105. The third-order valence-corrected chi connectivity index (χ3v) is 4.90. The van der Waals surface area contributed by atoms with Crippen molar-refractivity contribution in [3.63, 3.8) is 0 Å². The minimum atomic E-state index is -0.202. The van der Waals surface area contributed by atoms with Gasteiger partial charge >= 0.3 is 0 Å². The zero-order valence-electron chi connectivity index (χ0n) is 12.2. The largest absolute Gasteiger partial charge is 0.326 e. The highest BCUT2D eigenvalue weighted by atomic mass is 16.2. The lowest BCUT2D eigenvalue weighted by atomic mass is 9.85. The number of fused-ring (bicyclic) bond motifs is 5. The van der Waals surface area contributed by atoms with Crippen molar-refractivity contribution in [1.82, 2.24) is 0 Å². The Morgan fingerprint density at radius 3 is 2.36 bits per heavy atom. The SMILES string of the molecule is CC(=O)Nc1cccc(N2C(=O)[C@@H]3[C@@H](C2=O)[C@H]2C=C[C@H]3C2)c1. The third-order valence-electron chi connectivity index (χ3n) is 4.90. The Morgan fingerprint density at radius 1 is 1.14 bits per heavy atom. The summed E-state index contributed by atoms with van der Waals surface area (Å²) in [5.74, 6) is -0.391. The van der Waals surface area contributed by atoms with Gasteiger partial charge in [-0.3, -0.25) is 14.4 Å². The van der Waals surface area contributed by atoms with Crippen molar-refractivity contribution in [2.75, 3.05) is 10.2 Å². The van der Waals surface area contributed by atoms with Gasteiger partial charge in [-0.1, -0.05) is 18.2 Å². The van der Waals surface area contributed by atoms with E-state index in [1.807, 2.05) is 0 Å². The molecule has 0 unspecified atom stereocenters. The molecule has 2 bridgehead atoms. The molecule has 1 aliphatic heterocycles. The van der Waals surface area contributed by atoms with Crippen LogP contribution in [0.1, 0.15) is 13.3 Å². The van der Waals surface area contributed by atoms with Crippen molar-refractivity contribution >= 4 is 29.1 Å². The molecule has 5 heteroatoms. The zero-order valence-corrected chi connectivity index (χ0v) is 12.2. The molecule has 1 N–H and O–H groups in total. The predicted molar refractivity (Wildman–Crippen MR) is 81.0 cm³/mol. The number of nitrogens with zero attached hydrogens (tertiary/aromatic N) is 1. The van der Waals surface area contributed by atoms with Crippen molar-refractivity contribution in [3.8, 4) is 0 Å². The van der Waals surface area contributed by atoms with Gasteiger partial charge in [0.1, 0.15) is 0 Å². The fraction of sp³-hybridized carbons (Fsp3) is 0.353. The summed E-state index contributed by atoms with van der Waals surface area (Å²) in [6, 6.07) is 6.88. The van der Waals surface area contributed by atoms with Gasteiger partial charge in [-0.25, -0.2) is 4.90 Å². The van der Waals surface area contributed by atoms with E-state index < -0.39 is 0 Å². The first kappa shape index (κ1) is 13.2. The molecular formula is C17H16N2O3. The van der Waals surface area contributed by atoms with Crippen LogP contribution in [0.5, 0.6) is 0 Å². The summed E-state index contributed by atoms with van der Waals surface area (Å²) in [6.45, 7) is 1.42. The van der Waals surface area contributed by atoms with Crippen molar-refractivity contribution in [1.29, 1.82) is 0 Å². The van der Waals surface area contributed by atoms with Crippen LogP contribution in [0.2, 0.25) is 0 Å². The Balaban J connectivity index is 1.68. The van der Waals surface area contributed by atoms with E-state index in [0.29, 0.717) is 11.4 Å². The lowest BCUT2D eigenvalue weighted by Crippen LogP contribution is -2.32. The van der Waals surface area contributed by atoms with Crippen molar-refractivity contribution < 1.29 is 14.4 Å². The van der Waals surface area contributed by atoms with Gasteiger partial charge in [0.05, 0.1) is 17.5 Å². The van der Waals surface area contributed by atoms with E-state index in [1.165, 1.54) is 11.8 Å². The number of benzene rings is 1. The molecule has 0 radical (unpaired) electrons. The summed E-state index contributed by atoms with van der Waals surface area (Å²) in [4.78, 5) is 37.9. The van der Waals surface area contributed by atoms with Crippen LogP contribution in [0, 0.1) is 23.7 Å². The molecule has 1 aromatic rings. The van der Waals surface area contributed by atoms with Gasteiger partial charge in [0.15, 0.2) is 0 Å². The van der Waals surface area contributed by atoms with E-state index >= 15 is 0 Å². The monoisotopic (exact) mass is 296 g/mol. The first-order chi connectivity index (χ1) is 10.6. The maximum atomic E-state index is 12.7. The summed E-state index contributed by atoms with van der Waals surface area (Å²) < 4.78 is 0. The molecule has 22 heavy (non-hydrogen) atoms. The van der Waals surface area contributed by atoms with E-state index in [9.17, 15) is 14.4 Å². The number of hydrogen-bond acceptors (Lipinski definition) is 3. The average molecular weight is 296 g/mol. The van der Waals surface area contributed by atoms with Crippen LogP contribution in [-0.4, -0.2) is 17.7 Å². The molecule has 2 fully saturated rings. The number of rotatable bonds is 2. The summed E-state index contributed by atoms with van der Waals surface area (Å²) >= 11 is 0. The minimum Gasteiger partial charge on any atom is -0.326 e. The number of imide groups is 1. The van der Waals surface area contributed by atoms with Crippen molar-refractivity contribution in [2.24, 2.45) is 23.7 Å². The standard InChI is InChI=1S/C17H16N2O3/c1-9(20)18-12-3-2-4-13(8-12)19-16(21)14-10-5-6-11(7-10)15(14)17(19)22/h2-6,8,10-11,14-15H,7H2,1H3,(H,18,20)/t10-,11-,14-,15-/m0/s1. The van der Waals surface area contributed by atoms with Crippen LogP contribution >= 0.6 is 0 Å². The average Bonchev–Trinajstić information content (AvgIpc) is 3.12. The number of carbonyl (C=O) groups is 3. The van der Waals surface area contributed by atoms with Crippen LogP contribution in [-0.2, 0) is 14.4 Å². The van der Waals surface area contributed by atoms with E-state index in [2.05, 4.69) is 17.5 Å². The molecule has 1 heterocycles. The lowest BCUT2D eigenvalue weighted by molar-refractivity contribution is -0.123. The summed E-state index contributed by atoms with van der Waals surface area (Å²) in [5.41, 5.74) is 1.12. The fourth-order valence-corrected chi connectivity index (χ4v) is 4.08. The Bertz CT molecular complexity index is 694. The lowest BCUT2D eigenvalue weighted by Gasteiger charge is -2.18. The third kappa shape index (κ3) is 1.75. The van der Waals surface area contributed by atoms with Gasteiger partial charge < -0.3 is 5.32 Å². The highest BCUT2D eigenvalue weighted by Crippen LogP contribution is 2.53. The number of carbonyl (C=O) groups excluding carboxylic acids is 3. The first-order valence-corrected chi connectivity index (χ1v) is 7.50. The molecule has 5 nitrogen and oxygen atoms in total. The molecule has 2 aliphatic carbocycles. The molecule has 1 saturated carbocycles. The highest BCUT2D eigenvalue weighted by Gasteiger charge is 2.59. The molecule has 1 saturated heterocycles. The molecular weight excluding hydrogens is 280 g/mol. The quantitative estimate of drug-likeness (QED) is 0.670. The van der Waals surface area contributed by atoms with Crippen LogP contribution in [0.15, 0.2) is 36.4 Å². The molecule has 0 spiro atoms. The fourth-order valence-electron chi connectivity index (χ4n) is 4.08. The van der Waals surface area contributed by atoms with Crippen LogP contribution < -0.4 is 10.2 Å².